The van der Waals surface area contributed by atoms with Crippen molar-refractivity contribution in [1.29, 1.82) is 0 Å². The first-order valence-corrected chi connectivity index (χ1v) is 4.25. The Balaban J connectivity index is 0.00000112. The third kappa shape index (κ3) is 2.52. The summed E-state index contributed by atoms with van der Waals surface area (Å²) in [5.41, 5.74) is 0.794. The van der Waals surface area contributed by atoms with Crippen molar-refractivity contribution in [3.63, 3.8) is 0 Å². The van der Waals surface area contributed by atoms with Crippen molar-refractivity contribution in [2.24, 2.45) is 0 Å². The van der Waals surface area contributed by atoms with Gasteiger partial charge in [0, 0.05) is 5.56 Å². The van der Waals surface area contributed by atoms with Crippen molar-refractivity contribution in [1.82, 2.24) is 0 Å². The van der Waals surface area contributed by atoms with Crippen LogP contribution in [0.15, 0.2) is 24.3 Å². The maximum absolute atomic E-state index is 10.6. The second kappa shape index (κ2) is 4.99. The van der Waals surface area contributed by atoms with E-state index in [1.54, 1.807) is 13.2 Å². The molecule has 1 aliphatic heterocycles. The number of methoxy groups -OCH3 is 1. The third-order valence-corrected chi connectivity index (χ3v) is 2.18. The SMILES string of the molecule is COc1ccccc1C1OC1C(=O)O.[H-].[Na+]. The Labute approximate surface area is 111 Å². The second-order valence-corrected chi connectivity index (χ2v) is 3.06. The third-order valence-electron chi connectivity index (χ3n) is 2.18. The van der Waals surface area contributed by atoms with E-state index < -0.39 is 12.1 Å². The van der Waals surface area contributed by atoms with Crippen LogP contribution < -0.4 is 34.3 Å². The number of ether oxygens (including phenoxy) is 2. The predicted molar refractivity (Wildman–Crippen MR) is 49.4 cm³/mol. The molecular weight excluding hydrogens is 207 g/mol. The molecule has 5 heteroatoms. The van der Waals surface area contributed by atoms with E-state index >= 15 is 0 Å². The summed E-state index contributed by atoms with van der Waals surface area (Å²) in [4.78, 5) is 10.6. The van der Waals surface area contributed by atoms with Gasteiger partial charge in [-0.25, -0.2) is 4.79 Å². The number of para-hydroxylation sites is 1. The van der Waals surface area contributed by atoms with Crippen LogP contribution in [-0.2, 0) is 9.53 Å². The summed E-state index contributed by atoms with van der Waals surface area (Å²) >= 11 is 0. The predicted octanol–water partition coefficient (Wildman–Crippen LogP) is -1.66. The number of epoxide rings is 1. The minimum absolute atomic E-state index is 0. The zero-order chi connectivity index (χ0) is 10.1. The Kier molecular flexibility index (Phi) is 4.16. The zero-order valence-corrected chi connectivity index (χ0v) is 10.6. The number of carboxylic acids is 1. The minimum Gasteiger partial charge on any atom is -1.00 e. The van der Waals surface area contributed by atoms with E-state index in [1.807, 2.05) is 18.2 Å². The molecule has 0 saturated carbocycles. The Morgan fingerprint density at radius 3 is 2.73 bits per heavy atom. The summed E-state index contributed by atoms with van der Waals surface area (Å²) in [6.07, 6.45) is -1.07. The summed E-state index contributed by atoms with van der Waals surface area (Å²) in [6, 6.07) is 7.27. The number of carbonyl (C=O) groups is 1. The summed E-state index contributed by atoms with van der Waals surface area (Å²) in [6.45, 7) is 0. The Morgan fingerprint density at radius 2 is 2.20 bits per heavy atom. The fourth-order valence-electron chi connectivity index (χ4n) is 1.44. The van der Waals surface area contributed by atoms with Crippen LogP contribution in [0.2, 0.25) is 0 Å². The summed E-state index contributed by atoms with van der Waals surface area (Å²) < 4.78 is 10.1. The molecule has 76 valence electrons. The quantitative estimate of drug-likeness (QED) is 0.487. The molecule has 0 amide bonds. The van der Waals surface area contributed by atoms with Gasteiger partial charge in [0.05, 0.1) is 7.11 Å². The van der Waals surface area contributed by atoms with Gasteiger partial charge in [0.15, 0.2) is 6.10 Å². The molecule has 1 N–H and O–H groups in total. The van der Waals surface area contributed by atoms with Gasteiger partial charge >= 0.3 is 35.5 Å². The van der Waals surface area contributed by atoms with Gasteiger partial charge in [-0.2, -0.15) is 0 Å². The fraction of sp³-hybridized carbons (Fsp3) is 0.300. The number of hydrogen-bond acceptors (Lipinski definition) is 3. The van der Waals surface area contributed by atoms with Crippen LogP contribution in [-0.4, -0.2) is 24.3 Å². The largest absolute Gasteiger partial charge is 1.00 e. The molecule has 1 heterocycles. The summed E-state index contributed by atoms with van der Waals surface area (Å²) in [7, 11) is 1.55. The maximum Gasteiger partial charge on any atom is 1.00 e. The fourth-order valence-corrected chi connectivity index (χ4v) is 1.44. The van der Waals surface area contributed by atoms with Crippen molar-refractivity contribution in [3.8, 4) is 5.75 Å². The monoisotopic (exact) mass is 218 g/mol. The van der Waals surface area contributed by atoms with Crippen LogP contribution in [0, 0.1) is 0 Å². The first kappa shape index (κ1) is 12.5. The van der Waals surface area contributed by atoms with Crippen LogP contribution >= 0.6 is 0 Å². The minimum atomic E-state index is -0.930. The molecule has 0 spiro atoms. The van der Waals surface area contributed by atoms with Crippen molar-refractivity contribution in [3.05, 3.63) is 29.8 Å². The molecule has 15 heavy (non-hydrogen) atoms. The standard InChI is InChI=1S/C10H10O4.Na.H/c1-13-7-5-3-2-4-6(7)8-9(14-8)10(11)12;;/h2-5,8-9H,1H3,(H,11,12);;/q;+1;-1. The van der Waals surface area contributed by atoms with Gasteiger partial charge in [0.25, 0.3) is 0 Å². The molecule has 1 fully saturated rings. The second-order valence-electron chi connectivity index (χ2n) is 3.06. The Morgan fingerprint density at radius 1 is 1.53 bits per heavy atom. The van der Waals surface area contributed by atoms with Gasteiger partial charge in [0.1, 0.15) is 11.9 Å². The van der Waals surface area contributed by atoms with Crippen molar-refractivity contribution >= 4 is 5.97 Å². The van der Waals surface area contributed by atoms with Crippen molar-refractivity contribution in [2.45, 2.75) is 12.2 Å². The molecule has 2 unspecified atom stereocenters. The molecule has 0 radical (unpaired) electrons. The molecule has 2 atom stereocenters. The van der Waals surface area contributed by atoms with Gasteiger partial charge < -0.3 is 16.0 Å². The smallest absolute Gasteiger partial charge is 1.00 e. The van der Waals surface area contributed by atoms with Crippen LogP contribution in [0.4, 0.5) is 0 Å². The molecule has 1 aliphatic rings. The van der Waals surface area contributed by atoms with Gasteiger partial charge in [0.2, 0.25) is 0 Å². The van der Waals surface area contributed by atoms with E-state index in [0.717, 1.165) is 5.56 Å². The van der Waals surface area contributed by atoms with Crippen molar-refractivity contribution < 1.29 is 50.4 Å². The van der Waals surface area contributed by atoms with E-state index in [0.29, 0.717) is 5.75 Å². The van der Waals surface area contributed by atoms with Gasteiger partial charge in [-0.3, -0.25) is 0 Å². The van der Waals surface area contributed by atoms with Gasteiger partial charge in [-0.05, 0) is 6.07 Å². The normalized spacial score (nSPS) is 22.7. The van der Waals surface area contributed by atoms with E-state index in [4.69, 9.17) is 14.6 Å². The number of carboxylic acid groups (broad SMARTS) is 1. The van der Waals surface area contributed by atoms with Crippen LogP contribution in [0.25, 0.3) is 0 Å². The zero-order valence-electron chi connectivity index (χ0n) is 9.64. The van der Waals surface area contributed by atoms with Crippen LogP contribution in [0.5, 0.6) is 5.75 Å². The average Bonchev–Trinajstić information content (AvgIpc) is 2.97. The molecule has 4 nitrogen and oxygen atoms in total. The molecular formula is C10H11NaO4. The maximum atomic E-state index is 10.6. The first-order chi connectivity index (χ1) is 6.74. The number of hydrogen-bond donors (Lipinski definition) is 1. The molecule has 0 aromatic heterocycles. The number of aliphatic carboxylic acids is 1. The number of benzene rings is 1. The summed E-state index contributed by atoms with van der Waals surface area (Å²) in [5.74, 6) is -0.262. The van der Waals surface area contributed by atoms with Crippen LogP contribution in [0.1, 0.15) is 13.1 Å². The first-order valence-electron chi connectivity index (χ1n) is 4.25. The van der Waals surface area contributed by atoms with Crippen molar-refractivity contribution in [2.75, 3.05) is 7.11 Å². The van der Waals surface area contributed by atoms with E-state index in [2.05, 4.69) is 0 Å². The Hall–Kier alpha value is -0.550. The molecule has 0 aliphatic carbocycles. The molecule has 1 aromatic carbocycles. The molecule has 1 saturated heterocycles. The van der Waals surface area contributed by atoms with E-state index in [1.165, 1.54) is 0 Å². The van der Waals surface area contributed by atoms with Gasteiger partial charge in [-0.1, -0.05) is 18.2 Å². The molecule has 2 rings (SSSR count). The van der Waals surface area contributed by atoms with Gasteiger partial charge in [-0.15, -0.1) is 0 Å². The number of rotatable bonds is 3. The van der Waals surface area contributed by atoms with E-state index in [-0.39, 0.29) is 37.1 Å². The van der Waals surface area contributed by atoms with E-state index in [9.17, 15) is 4.79 Å². The topological polar surface area (TPSA) is 59.1 Å². The Bertz CT molecular complexity index is 372. The van der Waals surface area contributed by atoms with Crippen LogP contribution in [0.3, 0.4) is 0 Å². The average molecular weight is 218 g/mol. The summed E-state index contributed by atoms with van der Waals surface area (Å²) in [5, 5.41) is 8.68. The molecule has 1 aromatic rings. The molecule has 0 bridgehead atoms.